The Kier molecular flexibility index (Phi) is 5.65. The highest BCUT2D eigenvalue weighted by Gasteiger charge is 2.10. The van der Waals surface area contributed by atoms with Crippen molar-refractivity contribution in [2.24, 2.45) is 0 Å². The van der Waals surface area contributed by atoms with E-state index in [0.29, 0.717) is 11.3 Å². The number of nitrogens with one attached hydrogen (secondary N) is 1. The Hall–Kier alpha value is -2.47. The predicted molar refractivity (Wildman–Crippen MR) is 89.9 cm³/mol. The Morgan fingerprint density at radius 2 is 1.83 bits per heavy atom. The number of aryl methyl sites for hydroxylation is 1. The standard InChI is InChI=1S/C17H17NO4S/c1-12-5-7-15(8-6-12)18-16(19)11-23(22)10-13-3-2-4-14(9-13)17(20)21/h2-9H,10-11H2,1H3,(H,18,19)(H,20,21). The molecule has 0 saturated carbocycles. The molecule has 0 bridgehead atoms. The molecule has 0 aromatic heterocycles. The second-order valence-corrected chi connectivity index (χ2v) is 6.61. The summed E-state index contributed by atoms with van der Waals surface area (Å²) in [6.45, 7) is 1.95. The van der Waals surface area contributed by atoms with Gasteiger partial charge in [-0.1, -0.05) is 29.8 Å². The number of carbonyl (C=O) groups excluding carboxylic acids is 1. The Morgan fingerprint density at radius 1 is 1.13 bits per heavy atom. The van der Waals surface area contributed by atoms with Crippen molar-refractivity contribution in [1.29, 1.82) is 0 Å². The molecule has 0 heterocycles. The molecule has 0 saturated heterocycles. The number of aromatic carboxylic acids is 1. The summed E-state index contributed by atoms with van der Waals surface area (Å²) in [5, 5.41) is 11.6. The van der Waals surface area contributed by atoms with Gasteiger partial charge in [-0.3, -0.25) is 9.00 Å². The van der Waals surface area contributed by atoms with E-state index in [-0.39, 0.29) is 23.0 Å². The van der Waals surface area contributed by atoms with Crippen LogP contribution in [0, 0.1) is 6.92 Å². The average Bonchev–Trinajstić information content (AvgIpc) is 2.49. The number of rotatable bonds is 6. The summed E-state index contributed by atoms with van der Waals surface area (Å²) in [6.07, 6.45) is 0. The van der Waals surface area contributed by atoms with Gasteiger partial charge >= 0.3 is 5.97 Å². The molecule has 23 heavy (non-hydrogen) atoms. The van der Waals surface area contributed by atoms with Gasteiger partial charge in [-0.15, -0.1) is 0 Å². The lowest BCUT2D eigenvalue weighted by molar-refractivity contribution is -0.113. The molecule has 2 aromatic carbocycles. The van der Waals surface area contributed by atoms with Gasteiger partial charge in [-0.05, 0) is 36.8 Å². The van der Waals surface area contributed by atoms with Crippen LogP contribution in [-0.4, -0.2) is 26.9 Å². The van der Waals surface area contributed by atoms with Crippen LogP contribution in [0.5, 0.6) is 0 Å². The first-order valence-corrected chi connectivity index (χ1v) is 8.46. The highest BCUT2D eigenvalue weighted by molar-refractivity contribution is 7.84. The lowest BCUT2D eigenvalue weighted by Gasteiger charge is -2.06. The van der Waals surface area contributed by atoms with Crippen LogP contribution in [0.1, 0.15) is 21.5 Å². The molecule has 1 unspecified atom stereocenters. The molecule has 0 fully saturated rings. The minimum atomic E-state index is -1.41. The van der Waals surface area contributed by atoms with E-state index >= 15 is 0 Å². The summed E-state index contributed by atoms with van der Waals surface area (Å²) in [6, 6.07) is 13.6. The molecule has 0 aliphatic heterocycles. The van der Waals surface area contributed by atoms with Gasteiger partial charge in [0.1, 0.15) is 5.75 Å². The van der Waals surface area contributed by atoms with Crippen molar-refractivity contribution in [2.75, 3.05) is 11.1 Å². The fourth-order valence-electron chi connectivity index (χ4n) is 2.01. The van der Waals surface area contributed by atoms with Crippen LogP contribution in [0.3, 0.4) is 0 Å². The first-order chi connectivity index (χ1) is 10.9. The van der Waals surface area contributed by atoms with Crippen molar-refractivity contribution in [3.63, 3.8) is 0 Å². The van der Waals surface area contributed by atoms with Crippen LogP contribution >= 0.6 is 0 Å². The molecule has 6 heteroatoms. The van der Waals surface area contributed by atoms with Crippen LogP contribution in [0.4, 0.5) is 5.69 Å². The van der Waals surface area contributed by atoms with Crippen molar-refractivity contribution in [3.8, 4) is 0 Å². The van der Waals surface area contributed by atoms with Gasteiger partial charge in [0.25, 0.3) is 0 Å². The van der Waals surface area contributed by atoms with E-state index < -0.39 is 16.8 Å². The summed E-state index contributed by atoms with van der Waals surface area (Å²) < 4.78 is 12.1. The molecule has 1 atom stereocenters. The van der Waals surface area contributed by atoms with Crippen molar-refractivity contribution in [3.05, 3.63) is 65.2 Å². The SMILES string of the molecule is Cc1ccc(NC(=O)CS(=O)Cc2cccc(C(=O)O)c2)cc1. The van der Waals surface area contributed by atoms with Gasteiger partial charge in [-0.2, -0.15) is 0 Å². The van der Waals surface area contributed by atoms with E-state index in [9.17, 15) is 13.8 Å². The first kappa shape index (κ1) is 16.9. The lowest BCUT2D eigenvalue weighted by atomic mass is 10.1. The van der Waals surface area contributed by atoms with Crippen molar-refractivity contribution in [1.82, 2.24) is 0 Å². The largest absolute Gasteiger partial charge is 0.478 e. The minimum Gasteiger partial charge on any atom is -0.478 e. The molecule has 120 valence electrons. The normalized spacial score (nSPS) is 11.7. The van der Waals surface area contributed by atoms with Crippen LogP contribution in [-0.2, 0) is 21.3 Å². The van der Waals surface area contributed by atoms with Crippen LogP contribution < -0.4 is 5.32 Å². The Labute approximate surface area is 136 Å². The molecule has 2 N–H and O–H groups in total. The average molecular weight is 331 g/mol. The van der Waals surface area contributed by atoms with Crippen LogP contribution in [0.15, 0.2) is 48.5 Å². The summed E-state index contributed by atoms with van der Waals surface area (Å²) in [5.41, 5.74) is 2.52. The van der Waals surface area contributed by atoms with Crippen LogP contribution in [0.25, 0.3) is 0 Å². The van der Waals surface area contributed by atoms with E-state index in [1.807, 2.05) is 19.1 Å². The predicted octanol–water partition coefficient (Wildman–Crippen LogP) is 2.58. The van der Waals surface area contributed by atoms with Gasteiger partial charge in [0.2, 0.25) is 5.91 Å². The van der Waals surface area contributed by atoms with Gasteiger partial charge in [0.05, 0.1) is 5.56 Å². The molecule has 5 nitrogen and oxygen atoms in total. The zero-order chi connectivity index (χ0) is 16.8. The molecule has 0 radical (unpaired) electrons. The van der Waals surface area contributed by atoms with Gasteiger partial charge in [0, 0.05) is 22.2 Å². The first-order valence-electron chi connectivity index (χ1n) is 6.98. The third kappa shape index (κ3) is 5.34. The molecule has 1 amide bonds. The lowest BCUT2D eigenvalue weighted by Crippen LogP contribution is -2.20. The number of carboxylic acid groups (broad SMARTS) is 1. The fourth-order valence-corrected chi connectivity index (χ4v) is 3.03. The van der Waals surface area contributed by atoms with E-state index in [0.717, 1.165) is 5.56 Å². The summed E-state index contributed by atoms with van der Waals surface area (Å²) in [5.74, 6) is -1.36. The minimum absolute atomic E-state index is 0.134. The number of hydrogen-bond acceptors (Lipinski definition) is 3. The molecular weight excluding hydrogens is 314 g/mol. The summed E-state index contributed by atoms with van der Waals surface area (Å²) in [4.78, 5) is 22.8. The molecule has 0 aliphatic carbocycles. The van der Waals surface area contributed by atoms with E-state index in [4.69, 9.17) is 5.11 Å². The number of anilines is 1. The van der Waals surface area contributed by atoms with Gasteiger partial charge in [-0.25, -0.2) is 4.79 Å². The number of hydrogen-bond donors (Lipinski definition) is 2. The second-order valence-electron chi connectivity index (χ2n) is 5.15. The zero-order valence-corrected chi connectivity index (χ0v) is 13.4. The molecule has 0 aliphatic rings. The number of carbonyl (C=O) groups is 2. The second kappa shape index (κ2) is 7.69. The van der Waals surface area contributed by atoms with Crippen molar-refractivity contribution >= 4 is 28.4 Å². The molecular formula is C17H17NO4S. The smallest absolute Gasteiger partial charge is 0.335 e. The third-order valence-corrected chi connectivity index (χ3v) is 4.37. The zero-order valence-electron chi connectivity index (χ0n) is 12.6. The van der Waals surface area contributed by atoms with E-state index in [1.54, 1.807) is 24.3 Å². The summed E-state index contributed by atoms with van der Waals surface area (Å²) in [7, 11) is -1.41. The van der Waals surface area contributed by atoms with Crippen LogP contribution in [0.2, 0.25) is 0 Å². The number of amides is 1. The number of benzene rings is 2. The fraction of sp³-hybridized carbons (Fsp3) is 0.176. The topological polar surface area (TPSA) is 83.5 Å². The summed E-state index contributed by atoms with van der Waals surface area (Å²) >= 11 is 0. The maximum absolute atomic E-state index is 12.1. The maximum atomic E-state index is 12.1. The van der Waals surface area contributed by atoms with E-state index in [1.165, 1.54) is 12.1 Å². The quantitative estimate of drug-likeness (QED) is 0.852. The Balaban J connectivity index is 1.91. The van der Waals surface area contributed by atoms with E-state index in [2.05, 4.69) is 5.32 Å². The molecule has 2 rings (SSSR count). The van der Waals surface area contributed by atoms with Gasteiger partial charge in [0.15, 0.2) is 0 Å². The highest BCUT2D eigenvalue weighted by Crippen LogP contribution is 2.10. The van der Waals surface area contributed by atoms with Crippen molar-refractivity contribution < 1.29 is 18.9 Å². The monoisotopic (exact) mass is 331 g/mol. The number of carboxylic acids is 1. The maximum Gasteiger partial charge on any atom is 0.335 e. The molecule has 2 aromatic rings. The highest BCUT2D eigenvalue weighted by atomic mass is 32.2. The Morgan fingerprint density at radius 3 is 2.48 bits per heavy atom. The molecule has 0 spiro atoms. The van der Waals surface area contributed by atoms with Gasteiger partial charge < -0.3 is 10.4 Å². The third-order valence-electron chi connectivity index (χ3n) is 3.13. The van der Waals surface area contributed by atoms with Crippen molar-refractivity contribution in [2.45, 2.75) is 12.7 Å². The Bertz CT molecular complexity index is 741.